The van der Waals surface area contributed by atoms with Crippen molar-refractivity contribution in [2.45, 2.75) is 46.1 Å². The Balaban J connectivity index is 2.10. The van der Waals surface area contributed by atoms with Crippen LogP contribution in [0.1, 0.15) is 24.8 Å². The third-order valence-electron chi connectivity index (χ3n) is 5.26. The van der Waals surface area contributed by atoms with Crippen LogP contribution in [0.2, 0.25) is 0 Å². The summed E-state index contributed by atoms with van der Waals surface area (Å²) >= 11 is 3.26. The second-order valence-corrected chi connectivity index (χ2v) is 13.2. The van der Waals surface area contributed by atoms with E-state index in [2.05, 4.69) is 20.7 Å². The minimum atomic E-state index is -5.80. The molecule has 5 nitrogen and oxygen atoms in total. The molecular weight excluding hydrogens is 574 g/mol. The van der Waals surface area contributed by atoms with Crippen LogP contribution in [0.3, 0.4) is 0 Å². The fourth-order valence-corrected chi connectivity index (χ4v) is 8.82. The van der Waals surface area contributed by atoms with Gasteiger partial charge in [0, 0.05) is 20.0 Å². The monoisotopic (exact) mass is 600 g/mol. The largest absolute Gasteiger partial charge is 0.466 e. The number of esters is 1. The van der Waals surface area contributed by atoms with Crippen LogP contribution >= 0.6 is 26.2 Å². The molecule has 0 radical (unpaired) electrons. The summed E-state index contributed by atoms with van der Waals surface area (Å²) in [4.78, 5) is 13.4. The topological polar surface area (TPSA) is 69.7 Å². The van der Waals surface area contributed by atoms with Crippen LogP contribution in [0.25, 0.3) is 0 Å². The van der Waals surface area contributed by atoms with Crippen LogP contribution in [0.5, 0.6) is 0 Å². The fourth-order valence-electron chi connectivity index (χ4n) is 3.38. The molecule has 3 aromatic rings. The van der Waals surface area contributed by atoms with Crippen molar-refractivity contribution in [3.8, 4) is 0 Å². The smallest absolute Gasteiger partial charge is 0.460 e. The standard InChI is InChI=1S/C26H27BrF2O5S2/c1-21-15-17-24(18-16-21)35(22-11-5-2-6-12-22,23-13-7-3-8-14-23)34-36(31,32)26(28,29)25(30)33-20-10-4-9-19-27/h2-3,5-8,11-18H,4,9-10,19-20H2,1H3. The first-order chi connectivity index (χ1) is 17.1. The van der Waals surface area contributed by atoms with E-state index in [0.29, 0.717) is 27.5 Å². The van der Waals surface area contributed by atoms with Crippen molar-refractivity contribution in [2.24, 2.45) is 0 Å². The molecule has 36 heavy (non-hydrogen) atoms. The van der Waals surface area contributed by atoms with Gasteiger partial charge in [-0.1, -0.05) is 70.0 Å². The van der Waals surface area contributed by atoms with Gasteiger partial charge in [0.2, 0.25) is 0 Å². The first-order valence-corrected chi connectivity index (χ1v) is 15.3. The van der Waals surface area contributed by atoms with Gasteiger partial charge in [-0.15, -0.1) is 0 Å². The number of halogens is 3. The average Bonchev–Trinajstić information content (AvgIpc) is 2.88. The third-order valence-corrected chi connectivity index (χ3v) is 11.0. The van der Waals surface area contributed by atoms with Crippen molar-refractivity contribution >= 4 is 42.3 Å². The van der Waals surface area contributed by atoms with Gasteiger partial charge in [-0.05, 0) is 72.9 Å². The predicted octanol–water partition coefficient (Wildman–Crippen LogP) is 7.24. The van der Waals surface area contributed by atoms with Crippen molar-refractivity contribution in [1.82, 2.24) is 0 Å². The van der Waals surface area contributed by atoms with E-state index in [-0.39, 0.29) is 6.61 Å². The molecule has 0 spiro atoms. The van der Waals surface area contributed by atoms with Gasteiger partial charge >= 0.3 is 21.3 Å². The highest BCUT2D eigenvalue weighted by molar-refractivity contribution is 9.09. The highest BCUT2D eigenvalue weighted by Gasteiger charge is 2.58. The van der Waals surface area contributed by atoms with Gasteiger partial charge in [0.25, 0.3) is 0 Å². The lowest BCUT2D eigenvalue weighted by molar-refractivity contribution is -0.161. The minimum Gasteiger partial charge on any atom is -0.460 e. The molecule has 10 heteroatoms. The molecule has 3 rings (SSSR count). The zero-order valence-corrected chi connectivity index (χ0v) is 22.8. The molecule has 0 N–H and O–H groups in total. The Kier molecular flexibility index (Phi) is 9.68. The van der Waals surface area contributed by atoms with E-state index >= 15 is 8.78 Å². The van der Waals surface area contributed by atoms with E-state index in [0.717, 1.165) is 17.3 Å². The molecule has 0 heterocycles. The summed E-state index contributed by atoms with van der Waals surface area (Å²) in [5, 5.41) is -4.18. The van der Waals surface area contributed by atoms with Crippen molar-refractivity contribution in [3.05, 3.63) is 90.5 Å². The molecule has 0 aliphatic heterocycles. The summed E-state index contributed by atoms with van der Waals surface area (Å²) in [6.07, 6.45) is 1.74. The zero-order chi connectivity index (χ0) is 26.2. The normalized spacial score (nSPS) is 12.8. The maximum absolute atomic E-state index is 15.1. The Morgan fingerprint density at radius 2 is 1.31 bits per heavy atom. The van der Waals surface area contributed by atoms with Gasteiger partial charge in [0.15, 0.2) is 0 Å². The summed E-state index contributed by atoms with van der Waals surface area (Å²) < 4.78 is 66.8. The number of unbranched alkanes of at least 4 members (excludes halogenated alkanes) is 2. The number of hydrogen-bond donors (Lipinski definition) is 0. The van der Waals surface area contributed by atoms with Gasteiger partial charge in [-0.2, -0.15) is 17.2 Å². The Labute approximate surface area is 220 Å². The van der Waals surface area contributed by atoms with Crippen LogP contribution in [0.15, 0.2) is 99.6 Å². The molecule has 0 aliphatic carbocycles. The Bertz CT molecular complexity index is 1200. The van der Waals surface area contributed by atoms with Crippen LogP contribution in [0, 0.1) is 6.92 Å². The lowest BCUT2D eigenvalue weighted by atomic mass is 10.2. The molecule has 0 amide bonds. The number of alkyl halides is 3. The van der Waals surface area contributed by atoms with Gasteiger partial charge in [0.1, 0.15) is 0 Å². The lowest BCUT2D eigenvalue weighted by Gasteiger charge is -2.39. The second-order valence-electron chi connectivity index (χ2n) is 7.92. The molecule has 0 atom stereocenters. The minimum absolute atomic E-state index is 0.315. The maximum atomic E-state index is 15.1. The Morgan fingerprint density at radius 1 is 0.806 bits per heavy atom. The summed E-state index contributed by atoms with van der Waals surface area (Å²) in [6.45, 7) is 1.54. The molecule has 0 aliphatic rings. The summed E-state index contributed by atoms with van der Waals surface area (Å²) in [7, 11) is -9.03. The van der Waals surface area contributed by atoms with E-state index in [1.165, 1.54) is 0 Å². The first-order valence-electron chi connectivity index (χ1n) is 11.2. The molecule has 0 saturated heterocycles. The van der Waals surface area contributed by atoms with Crippen molar-refractivity contribution < 1.29 is 30.4 Å². The van der Waals surface area contributed by atoms with Gasteiger partial charge in [-0.25, -0.2) is 8.42 Å². The molecule has 194 valence electrons. The van der Waals surface area contributed by atoms with Gasteiger partial charge in [0.05, 0.1) is 6.61 Å². The fraction of sp³-hybridized carbons (Fsp3) is 0.269. The number of rotatable bonds is 12. The van der Waals surface area contributed by atoms with E-state index in [1.807, 2.05) is 6.92 Å². The molecule has 0 bridgehead atoms. The predicted molar refractivity (Wildman–Crippen MR) is 140 cm³/mol. The quantitative estimate of drug-likeness (QED) is 0.124. The van der Waals surface area contributed by atoms with Crippen molar-refractivity contribution in [1.29, 1.82) is 0 Å². The lowest BCUT2D eigenvalue weighted by Crippen LogP contribution is -2.41. The van der Waals surface area contributed by atoms with E-state index in [9.17, 15) is 13.2 Å². The summed E-state index contributed by atoms with van der Waals surface area (Å²) in [6, 6.07) is 23.4. The molecule has 0 fully saturated rings. The number of carbonyl (C=O) groups excluding carboxylic acids is 1. The number of carbonyl (C=O) groups is 1. The zero-order valence-electron chi connectivity index (χ0n) is 19.6. The van der Waals surface area contributed by atoms with E-state index in [4.69, 9.17) is 3.63 Å². The van der Waals surface area contributed by atoms with Gasteiger partial charge < -0.3 is 4.74 Å². The summed E-state index contributed by atoms with van der Waals surface area (Å²) in [5.41, 5.74) is 0.893. The van der Waals surface area contributed by atoms with Crippen LogP contribution < -0.4 is 0 Å². The number of benzene rings is 3. The van der Waals surface area contributed by atoms with E-state index in [1.54, 1.807) is 84.9 Å². The van der Waals surface area contributed by atoms with Crippen LogP contribution in [0.4, 0.5) is 8.78 Å². The Hall–Kier alpha value is -2.27. The molecular formula is C26H27BrF2O5S2. The van der Waals surface area contributed by atoms with Gasteiger partial charge in [-0.3, -0.25) is 0 Å². The number of hydrogen-bond acceptors (Lipinski definition) is 5. The van der Waals surface area contributed by atoms with E-state index < -0.39 is 31.7 Å². The van der Waals surface area contributed by atoms with Crippen LogP contribution in [-0.2, 0) is 23.3 Å². The molecule has 0 unspecified atom stereocenters. The SMILES string of the molecule is Cc1ccc(S(OS(=O)(=O)C(F)(F)C(=O)OCCCCCBr)(c2ccccc2)c2ccccc2)cc1. The average molecular weight is 602 g/mol. The molecule has 3 aromatic carbocycles. The first kappa shape index (κ1) is 28.3. The summed E-state index contributed by atoms with van der Waals surface area (Å²) in [5.74, 6) is -2.15. The van der Waals surface area contributed by atoms with Crippen molar-refractivity contribution in [3.63, 3.8) is 0 Å². The maximum Gasteiger partial charge on any atom is 0.466 e. The second kappa shape index (κ2) is 12.3. The Morgan fingerprint density at radius 3 is 1.81 bits per heavy atom. The highest BCUT2D eigenvalue weighted by atomic mass is 79.9. The third kappa shape index (κ3) is 6.16. The molecule has 0 saturated carbocycles. The molecule has 0 aromatic heterocycles. The highest BCUT2D eigenvalue weighted by Crippen LogP contribution is 2.70. The van der Waals surface area contributed by atoms with Crippen LogP contribution in [-0.4, -0.2) is 31.6 Å². The number of aryl methyl sites for hydroxylation is 1. The number of ether oxygens (including phenoxy) is 1. The van der Waals surface area contributed by atoms with Crippen molar-refractivity contribution in [2.75, 3.05) is 11.9 Å².